The second-order valence-electron chi connectivity index (χ2n) is 4.78. The highest BCUT2D eigenvalue weighted by Gasteiger charge is 2.34. The molecule has 2 N–H and O–H groups in total. The highest BCUT2D eigenvalue weighted by molar-refractivity contribution is 6.05. The Kier molecular flexibility index (Phi) is 3.56. The Morgan fingerprint density at radius 1 is 1.44 bits per heavy atom. The average molecular weight is 225 g/mol. The first-order valence-electron chi connectivity index (χ1n) is 5.91. The van der Waals surface area contributed by atoms with Crippen molar-refractivity contribution in [2.75, 3.05) is 26.7 Å². The van der Waals surface area contributed by atoms with Gasteiger partial charge in [-0.15, -0.1) is 0 Å². The van der Waals surface area contributed by atoms with Crippen molar-refractivity contribution in [3.63, 3.8) is 0 Å². The van der Waals surface area contributed by atoms with Crippen molar-refractivity contribution in [3.8, 4) is 0 Å². The van der Waals surface area contributed by atoms with E-state index in [9.17, 15) is 9.59 Å². The SMILES string of the molecule is CN(CC1CCCNC1)C1CC(=O)NC1=O. The largest absolute Gasteiger partial charge is 0.316 e. The highest BCUT2D eigenvalue weighted by Crippen LogP contribution is 2.15. The molecule has 2 saturated heterocycles. The van der Waals surface area contributed by atoms with Gasteiger partial charge in [0.25, 0.3) is 0 Å². The van der Waals surface area contributed by atoms with Gasteiger partial charge in [0.05, 0.1) is 12.5 Å². The van der Waals surface area contributed by atoms with Crippen LogP contribution in [0.5, 0.6) is 0 Å². The molecule has 0 aliphatic carbocycles. The quantitative estimate of drug-likeness (QED) is 0.626. The van der Waals surface area contributed by atoms with Gasteiger partial charge in [0.15, 0.2) is 0 Å². The van der Waals surface area contributed by atoms with Crippen molar-refractivity contribution in [1.29, 1.82) is 0 Å². The Hall–Kier alpha value is -0.940. The molecule has 90 valence electrons. The topological polar surface area (TPSA) is 61.4 Å². The molecule has 5 heteroatoms. The third-order valence-electron chi connectivity index (χ3n) is 3.42. The molecule has 0 radical (unpaired) electrons. The van der Waals surface area contributed by atoms with Crippen molar-refractivity contribution < 1.29 is 9.59 Å². The number of nitrogens with zero attached hydrogens (tertiary/aromatic N) is 1. The normalized spacial score (nSPS) is 30.9. The van der Waals surface area contributed by atoms with Crippen LogP contribution in [0.3, 0.4) is 0 Å². The zero-order valence-corrected chi connectivity index (χ0v) is 9.66. The van der Waals surface area contributed by atoms with Crippen molar-refractivity contribution in [3.05, 3.63) is 0 Å². The lowest BCUT2D eigenvalue weighted by molar-refractivity contribution is -0.126. The lowest BCUT2D eigenvalue weighted by atomic mass is 9.98. The molecule has 2 fully saturated rings. The molecule has 2 amide bonds. The number of piperidine rings is 1. The third-order valence-corrected chi connectivity index (χ3v) is 3.42. The third kappa shape index (κ3) is 2.59. The van der Waals surface area contributed by atoms with Gasteiger partial charge in [-0.25, -0.2) is 0 Å². The molecule has 2 atom stereocenters. The highest BCUT2D eigenvalue weighted by atomic mass is 16.2. The van der Waals surface area contributed by atoms with Crippen molar-refractivity contribution in [2.45, 2.75) is 25.3 Å². The fraction of sp³-hybridized carbons (Fsp3) is 0.818. The maximum atomic E-state index is 11.5. The Morgan fingerprint density at radius 2 is 2.25 bits per heavy atom. The zero-order chi connectivity index (χ0) is 11.5. The number of likely N-dealkylation sites (N-methyl/N-ethyl adjacent to an activating group) is 1. The first kappa shape index (κ1) is 11.5. The number of hydrogen-bond donors (Lipinski definition) is 2. The van der Waals surface area contributed by atoms with Crippen LogP contribution in [0.25, 0.3) is 0 Å². The van der Waals surface area contributed by atoms with Crippen LogP contribution in [-0.4, -0.2) is 49.4 Å². The first-order valence-corrected chi connectivity index (χ1v) is 5.91. The summed E-state index contributed by atoms with van der Waals surface area (Å²) >= 11 is 0. The van der Waals surface area contributed by atoms with Gasteiger partial charge in [-0.05, 0) is 38.9 Å². The summed E-state index contributed by atoms with van der Waals surface area (Å²) < 4.78 is 0. The molecule has 0 aromatic heterocycles. The summed E-state index contributed by atoms with van der Waals surface area (Å²) in [7, 11) is 1.93. The van der Waals surface area contributed by atoms with Gasteiger partial charge >= 0.3 is 0 Å². The zero-order valence-electron chi connectivity index (χ0n) is 9.66. The molecule has 2 rings (SSSR count). The minimum absolute atomic E-state index is 0.142. The standard InChI is InChI=1S/C11H19N3O2/c1-14(7-8-3-2-4-12-6-8)9-5-10(15)13-11(9)16/h8-9,12H,2-7H2,1H3,(H,13,15,16). The van der Waals surface area contributed by atoms with Crippen LogP contribution < -0.4 is 10.6 Å². The van der Waals surface area contributed by atoms with E-state index in [1.165, 1.54) is 12.8 Å². The van der Waals surface area contributed by atoms with Crippen LogP contribution in [0.15, 0.2) is 0 Å². The molecule has 0 saturated carbocycles. The van der Waals surface area contributed by atoms with Gasteiger partial charge in [-0.1, -0.05) is 0 Å². The summed E-state index contributed by atoms with van der Waals surface area (Å²) in [5.41, 5.74) is 0. The summed E-state index contributed by atoms with van der Waals surface area (Å²) in [6, 6.07) is -0.255. The Balaban J connectivity index is 1.84. The molecule has 16 heavy (non-hydrogen) atoms. The molecule has 0 spiro atoms. The molecular formula is C11H19N3O2. The number of rotatable bonds is 3. The lowest BCUT2D eigenvalue weighted by Crippen LogP contribution is -2.43. The van der Waals surface area contributed by atoms with E-state index in [-0.39, 0.29) is 17.9 Å². The van der Waals surface area contributed by atoms with Gasteiger partial charge in [-0.2, -0.15) is 0 Å². The summed E-state index contributed by atoms with van der Waals surface area (Å²) in [6.07, 6.45) is 2.73. The van der Waals surface area contributed by atoms with E-state index >= 15 is 0 Å². The second-order valence-corrected chi connectivity index (χ2v) is 4.78. The van der Waals surface area contributed by atoms with Crippen LogP contribution in [0.4, 0.5) is 0 Å². The summed E-state index contributed by atoms with van der Waals surface area (Å²) in [5.74, 6) is 0.308. The molecule has 2 aliphatic heterocycles. The average Bonchev–Trinajstić information content (AvgIpc) is 2.59. The van der Waals surface area contributed by atoms with E-state index in [0.29, 0.717) is 12.3 Å². The van der Waals surface area contributed by atoms with Gasteiger partial charge in [0.2, 0.25) is 11.8 Å². The van der Waals surface area contributed by atoms with E-state index in [2.05, 4.69) is 10.6 Å². The van der Waals surface area contributed by atoms with Crippen LogP contribution in [0.1, 0.15) is 19.3 Å². The molecule has 5 nitrogen and oxygen atoms in total. The van der Waals surface area contributed by atoms with E-state index < -0.39 is 0 Å². The lowest BCUT2D eigenvalue weighted by Gasteiger charge is -2.29. The van der Waals surface area contributed by atoms with E-state index in [0.717, 1.165) is 19.6 Å². The van der Waals surface area contributed by atoms with Crippen molar-refractivity contribution >= 4 is 11.8 Å². The monoisotopic (exact) mass is 225 g/mol. The Bertz CT molecular complexity index is 287. The van der Waals surface area contributed by atoms with Gasteiger partial charge in [-0.3, -0.25) is 19.8 Å². The summed E-state index contributed by atoms with van der Waals surface area (Å²) in [4.78, 5) is 24.6. The predicted octanol–water partition coefficient (Wildman–Crippen LogP) is -0.667. The number of amides is 2. The van der Waals surface area contributed by atoms with E-state index in [1.54, 1.807) is 0 Å². The molecule has 0 aromatic carbocycles. The van der Waals surface area contributed by atoms with E-state index in [1.807, 2.05) is 11.9 Å². The first-order chi connectivity index (χ1) is 7.66. The molecule has 2 heterocycles. The number of carbonyl (C=O) groups excluding carboxylic acids is 2. The maximum Gasteiger partial charge on any atom is 0.244 e. The molecule has 2 aliphatic rings. The maximum absolute atomic E-state index is 11.5. The van der Waals surface area contributed by atoms with Gasteiger partial charge in [0, 0.05) is 6.54 Å². The van der Waals surface area contributed by atoms with Gasteiger partial charge < -0.3 is 5.32 Å². The second kappa shape index (κ2) is 4.93. The van der Waals surface area contributed by atoms with Crippen LogP contribution in [0, 0.1) is 5.92 Å². The number of hydrogen-bond acceptors (Lipinski definition) is 4. The van der Waals surface area contributed by atoms with Crippen molar-refractivity contribution in [1.82, 2.24) is 15.5 Å². The van der Waals surface area contributed by atoms with Crippen LogP contribution in [0.2, 0.25) is 0 Å². The molecule has 0 bridgehead atoms. The predicted molar refractivity (Wildman–Crippen MR) is 59.8 cm³/mol. The number of imide groups is 1. The minimum atomic E-state index is -0.255. The van der Waals surface area contributed by atoms with Crippen LogP contribution >= 0.6 is 0 Å². The van der Waals surface area contributed by atoms with Gasteiger partial charge in [0.1, 0.15) is 0 Å². The fourth-order valence-corrected chi connectivity index (χ4v) is 2.51. The van der Waals surface area contributed by atoms with E-state index in [4.69, 9.17) is 0 Å². The molecular weight excluding hydrogens is 206 g/mol. The summed E-state index contributed by atoms with van der Waals surface area (Å²) in [6.45, 7) is 3.01. The Labute approximate surface area is 95.6 Å². The van der Waals surface area contributed by atoms with Crippen LogP contribution in [-0.2, 0) is 9.59 Å². The smallest absolute Gasteiger partial charge is 0.244 e. The van der Waals surface area contributed by atoms with Crippen molar-refractivity contribution in [2.24, 2.45) is 5.92 Å². The number of carbonyl (C=O) groups is 2. The fourth-order valence-electron chi connectivity index (χ4n) is 2.51. The Morgan fingerprint density at radius 3 is 2.81 bits per heavy atom. The molecule has 2 unspecified atom stereocenters. The molecule has 0 aromatic rings. The number of nitrogens with one attached hydrogen (secondary N) is 2. The summed E-state index contributed by atoms with van der Waals surface area (Å²) in [5, 5.41) is 5.71. The minimum Gasteiger partial charge on any atom is -0.316 e.